The zero-order valence-electron chi connectivity index (χ0n) is 12.5. The molecule has 0 saturated heterocycles. The molecule has 0 bridgehead atoms. The van der Waals surface area contributed by atoms with Crippen molar-refractivity contribution < 1.29 is 0 Å². The maximum absolute atomic E-state index is 11.7. The van der Waals surface area contributed by atoms with Crippen LogP contribution in [0.1, 0.15) is 5.56 Å². The van der Waals surface area contributed by atoms with Crippen molar-refractivity contribution in [2.75, 3.05) is 11.9 Å². The maximum Gasteiger partial charge on any atom is 0.349 e. The maximum atomic E-state index is 11.7. The summed E-state index contributed by atoms with van der Waals surface area (Å²) in [4.78, 5) is 26.5. The van der Waals surface area contributed by atoms with E-state index in [0.717, 1.165) is 5.56 Å². The zero-order chi connectivity index (χ0) is 16.9. The van der Waals surface area contributed by atoms with Crippen molar-refractivity contribution >= 4 is 29.2 Å². The monoisotopic (exact) mass is 361 g/mol. The predicted octanol–water partition coefficient (Wildman–Crippen LogP) is 3.19. The molecular weight excluding hydrogens is 349 g/mol. The highest BCUT2D eigenvalue weighted by Gasteiger charge is 2.07. The predicted molar refractivity (Wildman–Crippen MR) is 94.5 cm³/mol. The number of benzene rings is 1. The Kier molecular flexibility index (Phi) is 5.08. The molecule has 0 fully saturated rings. The Balaban J connectivity index is 1.71. The number of anilines is 1. The summed E-state index contributed by atoms with van der Waals surface area (Å²) in [5, 5.41) is 4.26. The van der Waals surface area contributed by atoms with Gasteiger partial charge in [-0.1, -0.05) is 35.3 Å². The number of pyridine rings is 1. The lowest BCUT2D eigenvalue weighted by molar-refractivity contribution is 0.939. The summed E-state index contributed by atoms with van der Waals surface area (Å²) in [5.41, 5.74) is 1.000. The van der Waals surface area contributed by atoms with Crippen molar-refractivity contribution in [2.24, 2.45) is 0 Å². The number of aromatic nitrogens is 4. The van der Waals surface area contributed by atoms with E-state index in [1.54, 1.807) is 30.5 Å². The second-order valence-electron chi connectivity index (χ2n) is 4.95. The summed E-state index contributed by atoms with van der Waals surface area (Å²) in [7, 11) is 0. The molecule has 0 radical (unpaired) electrons. The summed E-state index contributed by atoms with van der Waals surface area (Å²) in [6, 6.07) is 10.7. The van der Waals surface area contributed by atoms with Gasteiger partial charge in [-0.15, -0.1) is 0 Å². The van der Waals surface area contributed by atoms with E-state index >= 15 is 0 Å². The Labute approximate surface area is 147 Å². The second kappa shape index (κ2) is 7.42. The van der Waals surface area contributed by atoms with Crippen LogP contribution in [0.4, 0.5) is 5.95 Å². The second-order valence-corrected chi connectivity index (χ2v) is 5.80. The van der Waals surface area contributed by atoms with Crippen LogP contribution in [0, 0.1) is 0 Å². The van der Waals surface area contributed by atoms with Gasteiger partial charge in [0.15, 0.2) is 5.82 Å². The van der Waals surface area contributed by atoms with E-state index < -0.39 is 5.69 Å². The van der Waals surface area contributed by atoms with Crippen LogP contribution in [0.5, 0.6) is 0 Å². The van der Waals surface area contributed by atoms with Crippen LogP contribution in [-0.4, -0.2) is 26.5 Å². The van der Waals surface area contributed by atoms with Gasteiger partial charge in [0.05, 0.1) is 0 Å². The van der Waals surface area contributed by atoms with Gasteiger partial charge in [-0.3, -0.25) is 9.97 Å². The van der Waals surface area contributed by atoms with Gasteiger partial charge in [0.1, 0.15) is 5.69 Å². The number of aromatic amines is 1. The first-order valence-corrected chi connectivity index (χ1v) is 7.95. The highest BCUT2D eigenvalue weighted by atomic mass is 35.5. The molecule has 0 spiro atoms. The number of rotatable bonds is 5. The van der Waals surface area contributed by atoms with Crippen LogP contribution in [-0.2, 0) is 6.42 Å². The average Bonchev–Trinajstić information content (AvgIpc) is 2.57. The van der Waals surface area contributed by atoms with Crippen LogP contribution in [0.25, 0.3) is 11.5 Å². The molecular formula is C16H13Cl2N5O. The molecule has 2 aromatic heterocycles. The molecule has 2 heterocycles. The molecule has 3 aromatic rings. The number of nitrogens with zero attached hydrogens (tertiary/aromatic N) is 3. The van der Waals surface area contributed by atoms with Gasteiger partial charge in [0.2, 0.25) is 5.95 Å². The van der Waals surface area contributed by atoms with Crippen molar-refractivity contribution in [3.05, 3.63) is 68.7 Å². The number of H-pyrrole nitrogens is 1. The summed E-state index contributed by atoms with van der Waals surface area (Å²) in [6.07, 6.45) is 2.27. The van der Waals surface area contributed by atoms with Gasteiger partial charge in [0.25, 0.3) is 0 Å². The van der Waals surface area contributed by atoms with E-state index in [2.05, 4.69) is 25.3 Å². The molecule has 0 amide bonds. The first kappa shape index (κ1) is 16.4. The van der Waals surface area contributed by atoms with Crippen LogP contribution < -0.4 is 11.0 Å². The van der Waals surface area contributed by atoms with Crippen LogP contribution in [0.15, 0.2) is 47.4 Å². The highest BCUT2D eigenvalue weighted by molar-refractivity contribution is 6.35. The van der Waals surface area contributed by atoms with E-state index in [-0.39, 0.29) is 5.82 Å². The Morgan fingerprint density at radius 2 is 2.00 bits per heavy atom. The summed E-state index contributed by atoms with van der Waals surface area (Å²) in [6.45, 7) is 0.538. The van der Waals surface area contributed by atoms with Crippen molar-refractivity contribution in [1.82, 2.24) is 19.9 Å². The molecule has 2 N–H and O–H groups in total. The molecule has 3 rings (SSSR count). The third-order valence-corrected chi connectivity index (χ3v) is 3.83. The van der Waals surface area contributed by atoms with E-state index in [1.165, 1.54) is 0 Å². The third kappa shape index (κ3) is 4.10. The third-order valence-electron chi connectivity index (χ3n) is 3.25. The number of nitrogens with one attached hydrogen (secondary N) is 2. The van der Waals surface area contributed by atoms with Gasteiger partial charge in [0, 0.05) is 22.8 Å². The first-order chi connectivity index (χ1) is 11.6. The normalized spacial score (nSPS) is 10.6. The summed E-state index contributed by atoms with van der Waals surface area (Å²) in [5.74, 6) is 0.604. The van der Waals surface area contributed by atoms with Gasteiger partial charge in [-0.2, -0.15) is 9.97 Å². The minimum absolute atomic E-state index is 0.270. The molecule has 0 aliphatic carbocycles. The Hall–Kier alpha value is -2.44. The molecule has 6 nitrogen and oxygen atoms in total. The lowest BCUT2D eigenvalue weighted by Crippen LogP contribution is -2.18. The van der Waals surface area contributed by atoms with Crippen molar-refractivity contribution in [3.8, 4) is 11.5 Å². The summed E-state index contributed by atoms with van der Waals surface area (Å²) < 4.78 is 0. The molecule has 8 heteroatoms. The standard InChI is InChI=1S/C16H13Cl2N5O/c17-11-5-4-10(12(18)9-11)6-8-20-15-21-14(22-16(24)23-15)13-3-1-2-7-19-13/h1-5,7,9H,6,8H2,(H2,20,21,22,23,24). The van der Waals surface area contributed by atoms with Crippen LogP contribution >= 0.6 is 23.2 Å². The first-order valence-electron chi connectivity index (χ1n) is 7.19. The molecule has 0 atom stereocenters. The van der Waals surface area contributed by atoms with Crippen molar-refractivity contribution in [3.63, 3.8) is 0 Å². The molecule has 0 saturated carbocycles. The molecule has 122 valence electrons. The van der Waals surface area contributed by atoms with Gasteiger partial charge < -0.3 is 5.32 Å². The molecule has 0 aliphatic heterocycles. The average molecular weight is 362 g/mol. The molecule has 0 unspecified atom stereocenters. The molecule has 0 aliphatic rings. The van der Waals surface area contributed by atoms with Gasteiger partial charge in [-0.05, 0) is 36.2 Å². The lowest BCUT2D eigenvalue weighted by atomic mass is 10.1. The van der Waals surface area contributed by atoms with E-state index in [1.807, 2.05) is 12.1 Å². The minimum Gasteiger partial charge on any atom is -0.355 e. The number of hydrogen-bond donors (Lipinski definition) is 2. The van der Waals surface area contributed by atoms with Crippen LogP contribution in [0.2, 0.25) is 10.0 Å². The Morgan fingerprint density at radius 3 is 2.75 bits per heavy atom. The van der Waals surface area contributed by atoms with E-state index in [0.29, 0.717) is 34.7 Å². The Morgan fingerprint density at radius 1 is 1.12 bits per heavy atom. The topological polar surface area (TPSA) is 83.6 Å². The number of halogens is 2. The molecule has 24 heavy (non-hydrogen) atoms. The quantitative estimate of drug-likeness (QED) is 0.728. The van der Waals surface area contributed by atoms with Gasteiger partial charge >= 0.3 is 5.69 Å². The van der Waals surface area contributed by atoms with Crippen molar-refractivity contribution in [2.45, 2.75) is 6.42 Å². The Bertz CT molecular complexity index is 898. The van der Waals surface area contributed by atoms with Gasteiger partial charge in [-0.25, -0.2) is 4.79 Å². The highest BCUT2D eigenvalue weighted by Crippen LogP contribution is 2.21. The summed E-state index contributed by atoms with van der Waals surface area (Å²) >= 11 is 12.0. The fourth-order valence-electron chi connectivity index (χ4n) is 2.12. The fraction of sp³-hybridized carbons (Fsp3) is 0.125. The van der Waals surface area contributed by atoms with E-state index in [4.69, 9.17) is 23.2 Å². The number of hydrogen-bond acceptors (Lipinski definition) is 5. The van der Waals surface area contributed by atoms with Crippen LogP contribution in [0.3, 0.4) is 0 Å². The zero-order valence-corrected chi connectivity index (χ0v) is 14.0. The minimum atomic E-state index is -0.488. The largest absolute Gasteiger partial charge is 0.355 e. The SMILES string of the molecule is O=c1nc(-c2ccccn2)nc(NCCc2ccc(Cl)cc2Cl)[nH]1. The molecule has 1 aromatic carbocycles. The lowest BCUT2D eigenvalue weighted by Gasteiger charge is -2.08. The van der Waals surface area contributed by atoms with Crippen molar-refractivity contribution in [1.29, 1.82) is 0 Å². The van der Waals surface area contributed by atoms with E-state index in [9.17, 15) is 4.79 Å². The fourth-order valence-corrected chi connectivity index (χ4v) is 2.62. The smallest absolute Gasteiger partial charge is 0.349 e.